The molecule has 0 atom stereocenters. The van der Waals surface area contributed by atoms with Crippen LogP contribution in [0.1, 0.15) is 11.3 Å². The molecule has 5 heteroatoms. The van der Waals surface area contributed by atoms with Gasteiger partial charge >= 0.3 is 0 Å². The molecule has 1 aromatic heterocycles. The van der Waals surface area contributed by atoms with Gasteiger partial charge in [-0.3, -0.25) is 4.79 Å². The number of aromatic nitrogens is 2. The number of H-pyrrole nitrogens is 1. The molecular formula is C14H17N3OS. The lowest BCUT2D eigenvalue weighted by molar-refractivity contribution is -0.118. The first-order valence-corrected chi connectivity index (χ1v) is 7.16. The third kappa shape index (κ3) is 4.44. The highest BCUT2D eigenvalue weighted by atomic mass is 32.2. The van der Waals surface area contributed by atoms with Crippen LogP contribution in [0.2, 0.25) is 0 Å². The van der Waals surface area contributed by atoms with Crippen LogP contribution in [0.25, 0.3) is 0 Å². The van der Waals surface area contributed by atoms with Gasteiger partial charge in [-0.05, 0) is 18.6 Å². The molecule has 0 aliphatic carbocycles. The lowest BCUT2D eigenvalue weighted by Gasteiger charge is -2.06. The third-order valence-electron chi connectivity index (χ3n) is 2.72. The van der Waals surface area contributed by atoms with Crippen LogP contribution in [-0.4, -0.2) is 28.2 Å². The largest absolute Gasteiger partial charge is 0.355 e. The summed E-state index contributed by atoms with van der Waals surface area (Å²) in [5.41, 5.74) is 2.24. The van der Waals surface area contributed by atoms with Crippen molar-refractivity contribution in [3.63, 3.8) is 0 Å². The van der Waals surface area contributed by atoms with Crippen LogP contribution >= 0.6 is 11.8 Å². The van der Waals surface area contributed by atoms with Crippen molar-refractivity contribution in [3.8, 4) is 0 Å². The summed E-state index contributed by atoms with van der Waals surface area (Å²) in [7, 11) is 0. The van der Waals surface area contributed by atoms with Crippen molar-refractivity contribution in [2.45, 2.75) is 18.2 Å². The van der Waals surface area contributed by atoms with E-state index in [0.717, 1.165) is 17.0 Å². The van der Waals surface area contributed by atoms with Crippen molar-refractivity contribution < 1.29 is 4.79 Å². The second kappa shape index (κ2) is 6.99. The van der Waals surface area contributed by atoms with E-state index in [2.05, 4.69) is 28.3 Å². The van der Waals surface area contributed by atoms with Gasteiger partial charge in [-0.25, -0.2) is 4.98 Å². The van der Waals surface area contributed by atoms with E-state index in [1.807, 2.05) is 18.2 Å². The van der Waals surface area contributed by atoms with Crippen molar-refractivity contribution >= 4 is 17.7 Å². The maximum atomic E-state index is 11.7. The Morgan fingerprint density at radius 3 is 3.00 bits per heavy atom. The number of hydrogen-bond acceptors (Lipinski definition) is 3. The van der Waals surface area contributed by atoms with E-state index in [9.17, 15) is 4.79 Å². The van der Waals surface area contributed by atoms with Crippen molar-refractivity contribution in [3.05, 3.63) is 48.0 Å². The van der Waals surface area contributed by atoms with Gasteiger partial charge in [0.05, 0.1) is 12.1 Å². The smallest absolute Gasteiger partial charge is 0.230 e. The molecular weight excluding hydrogens is 258 g/mol. The first-order chi connectivity index (χ1) is 9.25. The summed E-state index contributed by atoms with van der Waals surface area (Å²) in [4.78, 5) is 19.8. The molecule has 2 aromatic rings. The van der Waals surface area contributed by atoms with Gasteiger partial charge in [0.15, 0.2) is 0 Å². The Bertz CT molecular complexity index is 525. The highest BCUT2D eigenvalue weighted by Gasteiger charge is 2.04. The number of rotatable bonds is 6. The molecule has 2 rings (SSSR count). The summed E-state index contributed by atoms with van der Waals surface area (Å²) in [6.45, 7) is 2.69. The molecule has 0 aliphatic heterocycles. The van der Waals surface area contributed by atoms with Gasteiger partial charge < -0.3 is 10.3 Å². The predicted molar refractivity (Wildman–Crippen MR) is 77.2 cm³/mol. The molecule has 19 heavy (non-hydrogen) atoms. The summed E-state index contributed by atoms with van der Waals surface area (Å²) in [6, 6.07) is 8.09. The maximum absolute atomic E-state index is 11.7. The van der Waals surface area contributed by atoms with E-state index in [0.29, 0.717) is 12.3 Å². The Morgan fingerprint density at radius 1 is 1.42 bits per heavy atom. The highest BCUT2D eigenvalue weighted by Crippen LogP contribution is 2.21. The minimum atomic E-state index is 0.0627. The Morgan fingerprint density at radius 2 is 2.26 bits per heavy atom. The number of nitrogens with one attached hydrogen (secondary N) is 2. The lowest BCUT2D eigenvalue weighted by atomic mass is 10.2. The monoisotopic (exact) mass is 275 g/mol. The Labute approximate surface area is 117 Å². The van der Waals surface area contributed by atoms with Gasteiger partial charge in [-0.15, -0.1) is 11.8 Å². The fraction of sp³-hybridized carbons (Fsp3) is 0.286. The first kappa shape index (κ1) is 13.7. The molecule has 0 saturated carbocycles. The molecule has 1 amide bonds. The molecule has 0 saturated heterocycles. The number of amides is 1. The van der Waals surface area contributed by atoms with Gasteiger partial charge in [-0.2, -0.15) is 0 Å². The summed E-state index contributed by atoms with van der Waals surface area (Å²) in [5, 5.41) is 2.90. The van der Waals surface area contributed by atoms with Crippen molar-refractivity contribution in [1.29, 1.82) is 0 Å². The average molecular weight is 275 g/mol. The minimum Gasteiger partial charge on any atom is -0.355 e. The van der Waals surface area contributed by atoms with Gasteiger partial charge in [0, 0.05) is 29.8 Å². The molecule has 0 fully saturated rings. The van der Waals surface area contributed by atoms with Crippen LogP contribution in [0.5, 0.6) is 0 Å². The topological polar surface area (TPSA) is 57.8 Å². The zero-order valence-corrected chi connectivity index (χ0v) is 11.7. The van der Waals surface area contributed by atoms with E-state index in [1.165, 1.54) is 5.56 Å². The third-order valence-corrected chi connectivity index (χ3v) is 3.90. The molecule has 0 bridgehead atoms. The standard InChI is InChI=1S/C14H17N3OS/c1-11-4-2-3-5-13(11)19-9-14(18)16-7-6-12-8-15-10-17-12/h2-5,8,10H,6-7,9H2,1H3,(H,15,17)(H,16,18). The molecule has 4 nitrogen and oxygen atoms in total. The Balaban J connectivity index is 1.69. The SMILES string of the molecule is Cc1ccccc1SCC(=O)NCCc1cnc[nH]1. The normalized spacial score (nSPS) is 10.4. The van der Waals surface area contributed by atoms with Gasteiger partial charge in [-0.1, -0.05) is 18.2 Å². The number of carbonyl (C=O) groups is 1. The second-order valence-corrected chi connectivity index (χ2v) is 5.25. The van der Waals surface area contributed by atoms with Crippen LogP contribution in [-0.2, 0) is 11.2 Å². The van der Waals surface area contributed by atoms with Gasteiger partial charge in [0.25, 0.3) is 0 Å². The van der Waals surface area contributed by atoms with Crippen LogP contribution in [0.4, 0.5) is 0 Å². The molecule has 1 heterocycles. The predicted octanol–water partition coefficient (Wildman–Crippen LogP) is 2.17. The summed E-state index contributed by atoms with van der Waals surface area (Å²) >= 11 is 1.57. The molecule has 1 aromatic carbocycles. The number of aromatic amines is 1. The summed E-state index contributed by atoms with van der Waals surface area (Å²) in [6.07, 6.45) is 4.19. The zero-order valence-electron chi connectivity index (χ0n) is 10.8. The summed E-state index contributed by atoms with van der Waals surface area (Å²) < 4.78 is 0. The number of thioether (sulfide) groups is 1. The molecule has 2 N–H and O–H groups in total. The number of nitrogens with zero attached hydrogens (tertiary/aromatic N) is 1. The molecule has 0 radical (unpaired) electrons. The fourth-order valence-electron chi connectivity index (χ4n) is 1.67. The molecule has 0 unspecified atom stereocenters. The number of benzene rings is 1. The van der Waals surface area contributed by atoms with Crippen LogP contribution in [0.3, 0.4) is 0 Å². The van der Waals surface area contributed by atoms with Crippen LogP contribution < -0.4 is 5.32 Å². The van der Waals surface area contributed by atoms with Gasteiger partial charge in [0.2, 0.25) is 5.91 Å². The van der Waals surface area contributed by atoms with Crippen LogP contribution in [0.15, 0.2) is 41.7 Å². The Hall–Kier alpha value is -1.75. The first-order valence-electron chi connectivity index (χ1n) is 6.18. The van der Waals surface area contributed by atoms with E-state index < -0.39 is 0 Å². The van der Waals surface area contributed by atoms with Gasteiger partial charge in [0.1, 0.15) is 0 Å². The quantitative estimate of drug-likeness (QED) is 0.794. The van der Waals surface area contributed by atoms with E-state index in [1.54, 1.807) is 24.3 Å². The number of hydrogen-bond donors (Lipinski definition) is 2. The number of carbonyl (C=O) groups excluding carboxylic acids is 1. The lowest BCUT2D eigenvalue weighted by Crippen LogP contribution is -2.27. The molecule has 0 spiro atoms. The minimum absolute atomic E-state index is 0.0627. The van der Waals surface area contributed by atoms with Crippen LogP contribution in [0, 0.1) is 6.92 Å². The van der Waals surface area contributed by atoms with E-state index >= 15 is 0 Å². The fourth-order valence-corrected chi connectivity index (χ4v) is 2.53. The maximum Gasteiger partial charge on any atom is 0.230 e. The zero-order chi connectivity index (χ0) is 13.5. The summed E-state index contributed by atoms with van der Waals surface area (Å²) in [5.74, 6) is 0.515. The second-order valence-electron chi connectivity index (χ2n) is 4.23. The number of imidazole rings is 1. The van der Waals surface area contributed by atoms with Crippen molar-refractivity contribution in [2.75, 3.05) is 12.3 Å². The Kier molecular flexibility index (Phi) is 5.03. The average Bonchev–Trinajstić information content (AvgIpc) is 2.91. The van der Waals surface area contributed by atoms with E-state index in [4.69, 9.17) is 0 Å². The number of aryl methyl sites for hydroxylation is 1. The van der Waals surface area contributed by atoms with Crippen molar-refractivity contribution in [1.82, 2.24) is 15.3 Å². The molecule has 100 valence electrons. The highest BCUT2D eigenvalue weighted by molar-refractivity contribution is 8.00. The van der Waals surface area contributed by atoms with Crippen molar-refractivity contribution in [2.24, 2.45) is 0 Å². The molecule has 0 aliphatic rings. The van der Waals surface area contributed by atoms with E-state index in [-0.39, 0.29) is 5.91 Å².